The van der Waals surface area contributed by atoms with Crippen LogP contribution < -0.4 is 4.90 Å². The molecule has 0 radical (unpaired) electrons. The topological polar surface area (TPSA) is 107 Å². The molecule has 0 unspecified atom stereocenters. The minimum atomic E-state index is -1.13. The average molecular weight is 513 g/mol. The van der Waals surface area contributed by atoms with Crippen LogP contribution in [0.5, 0.6) is 0 Å². The molecule has 1 saturated heterocycles. The molecule has 1 fully saturated rings. The fraction of sp³-hybridized carbons (Fsp3) is 0.292. The lowest BCUT2D eigenvalue weighted by Gasteiger charge is -2.37. The van der Waals surface area contributed by atoms with E-state index < -0.39 is 35.5 Å². The zero-order chi connectivity index (χ0) is 26.3. The third-order valence-corrected chi connectivity index (χ3v) is 6.33. The summed E-state index contributed by atoms with van der Waals surface area (Å²) in [6, 6.07) is 3.56. The molecule has 3 aromatic rings. The molecule has 0 saturated carbocycles. The smallest absolute Gasteiger partial charge is 0.341 e. The van der Waals surface area contributed by atoms with Crippen molar-refractivity contribution in [3.8, 4) is 5.82 Å². The molecule has 5 rings (SSSR count). The number of hydrogen-bond acceptors (Lipinski definition) is 6. The van der Waals surface area contributed by atoms with Crippen molar-refractivity contribution >= 4 is 24.2 Å². The van der Waals surface area contributed by atoms with Crippen LogP contribution in [0.1, 0.15) is 34.1 Å². The van der Waals surface area contributed by atoms with Gasteiger partial charge in [-0.25, -0.2) is 32.8 Å². The van der Waals surface area contributed by atoms with Crippen LogP contribution in [-0.2, 0) is 0 Å². The Kier molecular flexibility index (Phi) is 6.27. The molecule has 192 valence electrons. The van der Waals surface area contributed by atoms with E-state index in [1.807, 2.05) is 0 Å². The number of carboxylic acid groups (broad SMARTS) is 1. The summed E-state index contributed by atoms with van der Waals surface area (Å²) >= 11 is 0. The van der Waals surface area contributed by atoms with Crippen LogP contribution in [0.25, 0.3) is 5.82 Å². The molecule has 0 bridgehead atoms. The molecular weight excluding hydrogens is 491 g/mol. The van der Waals surface area contributed by atoms with Gasteiger partial charge in [0.1, 0.15) is 11.6 Å². The summed E-state index contributed by atoms with van der Waals surface area (Å²) in [5, 5.41) is 14.6. The van der Waals surface area contributed by atoms with E-state index in [4.69, 9.17) is 0 Å². The number of urea groups is 1. The average Bonchev–Trinajstić information content (AvgIpc) is 3.51. The van der Waals surface area contributed by atoms with Crippen molar-refractivity contribution in [3.05, 3.63) is 70.9 Å². The number of aryl methyl sites for hydroxylation is 1. The Labute approximate surface area is 209 Å². The summed E-state index contributed by atoms with van der Waals surface area (Å²) in [5.41, 5.74) is 0.823. The molecule has 1 N–H and O–H groups in total. The Balaban J connectivity index is 1.29. The van der Waals surface area contributed by atoms with Crippen LogP contribution in [0.3, 0.4) is 0 Å². The van der Waals surface area contributed by atoms with Gasteiger partial charge in [0.25, 0.3) is 0 Å². The molecular formula is C24H22F3N7O3. The normalized spacial score (nSPS) is 17.5. The fourth-order valence-electron chi connectivity index (χ4n) is 4.47. The third kappa shape index (κ3) is 4.71. The number of amides is 2. The van der Waals surface area contributed by atoms with E-state index in [1.165, 1.54) is 40.2 Å². The monoisotopic (exact) mass is 513 g/mol. The van der Waals surface area contributed by atoms with Gasteiger partial charge >= 0.3 is 12.0 Å². The molecule has 2 aliphatic rings. The van der Waals surface area contributed by atoms with Crippen LogP contribution in [-0.4, -0.2) is 73.9 Å². The molecule has 37 heavy (non-hydrogen) atoms. The highest BCUT2D eigenvalue weighted by atomic mass is 19.1. The molecule has 2 amide bonds. The van der Waals surface area contributed by atoms with Crippen molar-refractivity contribution in [1.29, 1.82) is 0 Å². The molecule has 0 spiro atoms. The van der Waals surface area contributed by atoms with Crippen molar-refractivity contribution in [2.75, 3.05) is 31.1 Å². The van der Waals surface area contributed by atoms with Gasteiger partial charge in [-0.2, -0.15) is 10.1 Å². The van der Waals surface area contributed by atoms with Gasteiger partial charge in [0.05, 0.1) is 17.8 Å². The van der Waals surface area contributed by atoms with Gasteiger partial charge in [0, 0.05) is 56.8 Å². The maximum atomic E-state index is 14.5. The second-order valence-corrected chi connectivity index (χ2v) is 8.74. The van der Waals surface area contributed by atoms with Crippen LogP contribution in [0.15, 0.2) is 41.8 Å². The van der Waals surface area contributed by atoms with Crippen LogP contribution in [0, 0.1) is 24.4 Å². The zero-order valence-corrected chi connectivity index (χ0v) is 19.7. The van der Waals surface area contributed by atoms with Crippen molar-refractivity contribution in [2.24, 2.45) is 5.10 Å². The first kappa shape index (κ1) is 24.3. The van der Waals surface area contributed by atoms with E-state index in [9.17, 15) is 27.9 Å². The Bertz CT molecular complexity index is 1380. The largest absolute Gasteiger partial charge is 0.478 e. The molecule has 10 nitrogen and oxygen atoms in total. The highest BCUT2D eigenvalue weighted by Crippen LogP contribution is 2.30. The van der Waals surface area contributed by atoms with Gasteiger partial charge in [0.2, 0.25) is 5.95 Å². The van der Waals surface area contributed by atoms with Gasteiger partial charge in [0.15, 0.2) is 11.6 Å². The lowest BCUT2D eigenvalue weighted by Crippen LogP contribution is -2.52. The third-order valence-electron chi connectivity index (χ3n) is 6.33. The summed E-state index contributed by atoms with van der Waals surface area (Å²) in [6.07, 6.45) is 4.19. The van der Waals surface area contributed by atoms with Gasteiger partial charge in [-0.15, -0.1) is 0 Å². The van der Waals surface area contributed by atoms with E-state index in [2.05, 4.69) is 15.1 Å². The number of carbonyl (C=O) groups excluding carboxylic acids is 1. The Morgan fingerprint density at radius 3 is 2.38 bits per heavy atom. The standard InChI is InChI=1S/C24H22F3N7O3/c1-14-8-16(22(35)36)13-33(14)21-19(27)12-28-23(30-21)31-4-6-32(7-5-31)24(37)34-20(2-3-29-34)15-9-17(25)11-18(26)10-15/h3,8-13,20H,2,4-7H2,1H3,(H,35,36)/t20-/m0/s1. The van der Waals surface area contributed by atoms with E-state index >= 15 is 0 Å². The highest BCUT2D eigenvalue weighted by Gasteiger charge is 2.34. The number of nitrogens with zero attached hydrogens (tertiary/aromatic N) is 7. The van der Waals surface area contributed by atoms with E-state index in [1.54, 1.807) is 16.7 Å². The number of carbonyl (C=O) groups is 2. The van der Waals surface area contributed by atoms with Crippen molar-refractivity contribution in [1.82, 2.24) is 24.4 Å². The number of carboxylic acids is 1. The number of hydrogen-bond donors (Lipinski definition) is 1. The van der Waals surface area contributed by atoms with Crippen molar-refractivity contribution in [2.45, 2.75) is 19.4 Å². The number of piperazine rings is 1. The number of halogens is 3. The fourth-order valence-corrected chi connectivity index (χ4v) is 4.47. The highest BCUT2D eigenvalue weighted by molar-refractivity contribution is 5.87. The maximum absolute atomic E-state index is 14.5. The molecule has 0 aliphatic carbocycles. The molecule has 1 aromatic carbocycles. The van der Waals surface area contributed by atoms with Crippen molar-refractivity contribution < 1.29 is 27.9 Å². The summed E-state index contributed by atoms with van der Waals surface area (Å²) < 4.78 is 43.4. The second-order valence-electron chi connectivity index (χ2n) is 8.74. The molecule has 2 aliphatic heterocycles. The summed E-state index contributed by atoms with van der Waals surface area (Å²) in [4.78, 5) is 36.2. The number of rotatable bonds is 4. The second kappa shape index (κ2) is 9.56. The van der Waals surface area contributed by atoms with Crippen LogP contribution in [0.4, 0.5) is 23.9 Å². The van der Waals surface area contributed by atoms with Gasteiger partial charge < -0.3 is 19.5 Å². The lowest BCUT2D eigenvalue weighted by molar-refractivity contribution is 0.0697. The molecule has 1 atom stereocenters. The zero-order valence-electron chi connectivity index (χ0n) is 19.7. The quantitative estimate of drug-likeness (QED) is 0.574. The van der Waals surface area contributed by atoms with E-state index in [-0.39, 0.29) is 30.4 Å². The Morgan fingerprint density at radius 2 is 1.73 bits per heavy atom. The summed E-state index contributed by atoms with van der Waals surface area (Å²) in [7, 11) is 0. The van der Waals surface area contributed by atoms with Gasteiger partial charge in [-0.1, -0.05) is 0 Å². The number of hydrazone groups is 1. The first-order chi connectivity index (χ1) is 17.7. The Morgan fingerprint density at radius 1 is 1.03 bits per heavy atom. The SMILES string of the molecule is Cc1cc(C(=O)O)cn1-c1nc(N2CCN(C(=O)N3N=CC[C@H]3c3cc(F)cc(F)c3)CC2)ncc1F. The van der Waals surface area contributed by atoms with Crippen LogP contribution in [0.2, 0.25) is 0 Å². The number of anilines is 1. The molecule has 4 heterocycles. The van der Waals surface area contributed by atoms with E-state index in [0.717, 1.165) is 12.3 Å². The minimum absolute atomic E-state index is 0.00745. The van der Waals surface area contributed by atoms with Crippen LogP contribution >= 0.6 is 0 Å². The first-order valence-corrected chi connectivity index (χ1v) is 11.5. The number of aromatic carboxylic acids is 1. The summed E-state index contributed by atoms with van der Waals surface area (Å²) in [5.74, 6) is -3.14. The van der Waals surface area contributed by atoms with Gasteiger partial charge in [-0.05, 0) is 30.7 Å². The predicted octanol–water partition coefficient (Wildman–Crippen LogP) is 3.37. The van der Waals surface area contributed by atoms with Gasteiger partial charge in [-0.3, -0.25) is 0 Å². The van der Waals surface area contributed by atoms with E-state index in [0.29, 0.717) is 30.8 Å². The molecule has 2 aromatic heterocycles. The number of aromatic nitrogens is 3. The number of benzene rings is 1. The molecule has 13 heteroatoms. The predicted molar refractivity (Wildman–Crippen MR) is 126 cm³/mol. The minimum Gasteiger partial charge on any atom is -0.478 e. The maximum Gasteiger partial charge on any atom is 0.341 e. The Hall–Kier alpha value is -4.42. The van der Waals surface area contributed by atoms with Crippen molar-refractivity contribution in [3.63, 3.8) is 0 Å². The lowest BCUT2D eigenvalue weighted by atomic mass is 10.0. The summed E-state index contributed by atoms with van der Waals surface area (Å²) in [6.45, 7) is 2.91. The first-order valence-electron chi connectivity index (χ1n) is 11.5.